The topological polar surface area (TPSA) is 110 Å². The number of nitrogens with two attached hydrogens (primary N) is 1. The van der Waals surface area contributed by atoms with Crippen LogP contribution >= 0.6 is 0 Å². The Kier molecular flexibility index (Phi) is 2.28. The predicted octanol–water partition coefficient (Wildman–Crippen LogP) is -0.108. The van der Waals surface area contributed by atoms with E-state index in [2.05, 4.69) is 4.99 Å². The summed E-state index contributed by atoms with van der Waals surface area (Å²) >= 11 is 0. The van der Waals surface area contributed by atoms with Gasteiger partial charge in [0.15, 0.2) is 6.04 Å². The van der Waals surface area contributed by atoms with Gasteiger partial charge in [-0.05, 0) is 23.3 Å². The third-order valence-electron chi connectivity index (χ3n) is 2.28. The molecule has 84 valence electrons. The molecule has 3 N–H and O–H groups in total. The maximum absolute atomic E-state index is 11.0. The molecule has 2 rings (SSSR count). The molecule has 0 fully saturated rings. The van der Waals surface area contributed by atoms with E-state index in [0.717, 1.165) is 0 Å². The number of rotatable bonds is 2. The molecule has 1 aromatic rings. The summed E-state index contributed by atoms with van der Waals surface area (Å²) in [7, 11) is -4.24. The van der Waals surface area contributed by atoms with E-state index in [1.165, 1.54) is 24.4 Å². The van der Waals surface area contributed by atoms with Crippen molar-refractivity contribution < 1.29 is 17.8 Å². The van der Waals surface area contributed by atoms with Crippen molar-refractivity contribution in [2.45, 2.75) is 10.9 Å². The first-order chi connectivity index (χ1) is 7.39. The van der Waals surface area contributed by atoms with Crippen molar-refractivity contribution >= 4 is 22.2 Å². The highest BCUT2D eigenvalue weighted by atomic mass is 32.2. The molecule has 1 heterocycles. The second kappa shape index (κ2) is 3.39. The molecule has 0 spiro atoms. The van der Waals surface area contributed by atoms with Gasteiger partial charge in [-0.1, -0.05) is 6.07 Å². The summed E-state index contributed by atoms with van der Waals surface area (Å²) in [6.07, 6.45) is 1.36. The van der Waals surface area contributed by atoms with E-state index in [0.29, 0.717) is 11.1 Å². The third-order valence-corrected chi connectivity index (χ3v) is 3.13. The molecule has 1 aromatic carbocycles. The third kappa shape index (κ3) is 1.70. The van der Waals surface area contributed by atoms with Crippen LogP contribution in [0, 0.1) is 0 Å². The van der Waals surface area contributed by atoms with Gasteiger partial charge in [-0.25, -0.2) is 0 Å². The maximum atomic E-state index is 11.0. The Morgan fingerprint density at radius 1 is 1.44 bits per heavy atom. The van der Waals surface area contributed by atoms with Gasteiger partial charge in [0.1, 0.15) is 0 Å². The Bertz CT molecular complexity index is 592. The molecule has 1 aliphatic heterocycles. The summed E-state index contributed by atoms with van der Waals surface area (Å²) in [6, 6.07) is 3.10. The van der Waals surface area contributed by atoms with Gasteiger partial charge in [0.25, 0.3) is 10.1 Å². The molecule has 0 radical (unpaired) electrons. The Morgan fingerprint density at radius 3 is 2.69 bits per heavy atom. The second-order valence-electron chi connectivity index (χ2n) is 3.35. The minimum absolute atomic E-state index is 0.233. The zero-order chi connectivity index (χ0) is 11.9. The van der Waals surface area contributed by atoms with E-state index in [9.17, 15) is 13.2 Å². The highest BCUT2D eigenvalue weighted by molar-refractivity contribution is 7.85. The number of primary amides is 1. The van der Waals surface area contributed by atoms with Crippen LogP contribution in [0.3, 0.4) is 0 Å². The van der Waals surface area contributed by atoms with Gasteiger partial charge in [-0.3, -0.25) is 14.3 Å². The number of amides is 1. The number of hydrogen-bond donors (Lipinski definition) is 2. The smallest absolute Gasteiger partial charge is 0.294 e. The van der Waals surface area contributed by atoms with Gasteiger partial charge in [0.2, 0.25) is 5.91 Å². The van der Waals surface area contributed by atoms with E-state index in [1.807, 2.05) is 0 Å². The summed E-state index contributed by atoms with van der Waals surface area (Å²) in [5.74, 6) is -0.602. The van der Waals surface area contributed by atoms with E-state index in [1.54, 1.807) is 0 Å². The lowest BCUT2D eigenvalue weighted by Gasteiger charge is -2.05. The van der Waals surface area contributed by atoms with E-state index >= 15 is 0 Å². The van der Waals surface area contributed by atoms with Crippen molar-refractivity contribution in [3.63, 3.8) is 0 Å². The maximum Gasteiger partial charge on any atom is 0.294 e. The fourth-order valence-corrected chi connectivity index (χ4v) is 2.05. The summed E-state index contributed by atoms with van der Waals surface area (Å²) < 4.78 is 30.6. The number of aliphatic imine (C=N–C) groups is 1. The molecule has 6 nitrogen and oxygen atoms in total. The van der Waals surface area contributed by atoms with Crippen molar-refractivity contribution in [3.8, 4) is 0 Å². The Hall–Kier alpha value is -1.73. The molecule has 0 bridgehead atoms. The highest BCUT2D eigenvalue weighted by Crippen LogP contribution is 2.27. The Labute approximate surface area is 91.5 Å². The first-order valence-corrected chi connectivity index (χ1v) is 5.77. The van der Waals surface area contributed by atoms with Crippen molar-refractivity contribution in [2.24, 2.45) is 10.7 Å². The van der Waals surface area contributed by atoms with Crippen molar-refractivity contribution in [2.75, 3.05) is 0 Å². The molecule has 1 atom stereocenters. The number of fused-ring (bicyclic) bond motifs is 1. The van der Waals surface area contributed by atoms with Gasteiger partial charge in [-0.2, -0.15) is 8.42 Å². The zero-order valence-corrected chi connectivity index (χ0v) is 8.81. The molecule has 1 amide bonds. The van der Waals surface area contributed by atoms with Gasteiger partial charge >= 0.3 is 0 Å². The first kappa shape index (κ1) is 10.8. The van der Waals surface area contributed by atoms with E-state index in [-0.39, 0.29) is 4.90 Å². The fourth-order valence-electron chi connectivity index (χ4n) is 1.54. The fraction of sp³-hybridized carbons (Fsp3) is 0.111. The number of benzene rings is 1. The molecule has 16 heavy (non-hydrogen) atoms. The monoisotopic (exact) mass is 240 g/mol. The molecule has 1 unspecified atom stereocenters. The predicted molar refractivity (Wildman–Crippen MR) is 55.8 cm³/mol. The van der Waals surface area contributed by atoms with Crippen LogP contribution in [0.15, 0.2) is 28.1 Å². The lowest BCUT2D eigenvalue weighted by atomic mass is 10.0. The normalized spacial score (nSPS) is 18.4. The largest absolute Gasteiger partial charge is 0.368 e. The SMILES string of the molecule is NC(=O)C1N=Cc2cc(S(=O)(=O)O)ccc21. The summed E-state index contributed by atoms with van der Waals surface area (Å²) in [5, 5.41) is 0. The van der Waals surface area contributed by atoms with Crippen molar-refractivity contribution in [1.29, 1.82) is 0 Å². The number of carbonyl (C=O) groups is 1. The van der Waals surface area contributed by atoms with Crippen LogP contribution in [0.25, 0.3) is 0 Å². The van der Waals surface area contributed by atoms with Crippen LogP contribution in [0.1, 0.15) is 17.2 Å². The summed E-state index contributed by atoms with van der Waals surface area (Å²) in [6.45, 7) is 0. The zero-order valence-electron chi connectivity index (χ0n) is 7.99. The van der Waals surface area contributed by atoms with Crippen LogP contribution in [0.2, 0.25) is 0 Å². The Balaban J connectivity index is 2.53. The number of hydrogen-bond acceptors (Lipinski definition) is 4. The van der Waals surface area contributed by atoms with E-state index in [4.69, 9.17) is 10.3 Å². The summed E-state index contributed by atoms with van der Waals surface area (Å²) in [5.41, 5.74) is 6.13. The lowest BCUT2D eigenvalue weighted by Crippen LogP contribution is -2.18. The van der Waals surface area contributed by atoms with Crippen LogP contribution < -0.4 is 5.73 Å². The van der Waals surface area contributed by atoms with Crippen molar-refractivity contribution in [1.82, 2.24) is 0 Å². The van der Waals surface area contributed by atoms with E-state index < -0.39 is 22.1 Å². The Morgan fingerprint density at radius 2 is 2.12 bits per heavy atom. The molecule has 0 aromatic heterocycles. The number of carbonyl (C=O) groups excluding carboxylic acids is 1. The van der Waals surface area contributed by atoms with Crippen LogP contribution in [0.5, 0.6) is 0 Å². The van der Waals surface area contributed by atoms with Crippen LogP contribution in [0.4, 0.5) is 0 Å². The molecule has 0 saturated heterocycles. The molecular weight excluding hydrogens is 232 g/mol. The average Bonchev–Trinajstić information content (AvgIpc) is 2.58. The molecule has 0 saturated carbocycles. The molecule has 0 aliphatic carbocycles. The molecule has 1 aliphatic rings. The minimum Gasteiger partial charge on any atom is -0.368 e. The van der Waals surface area contributed by atoms with Gasteiger partial charge in [0.05, 0.1) is 4.90 Å². The van der Waals surface area contributed by atoms with Gasteiger partial charge in [-0.15, -0.1) is 0 Å². The van der Waals surface area contributed by atoms with Gasteiger partial charge in [0, 0.05) is 6.21 Å². The average molecular weight is 240 g/mol. The van der Waals surface area contributed by atoms with Crippen molar-refractivity contribution in [3.05, 3.63) is 29.3 Å². The quantitative estimate of drug-likeness (QED) is 0.703. The molecular formula is C9H8N2O4S. The minimum atomic E-state index is -4.24. The first-order valence-electron chi connectivity index (χ1n) is 4.33. The second-order valence-corrected chi connectivity index (χ2v) is 4.77. The standard InChI is InChI=1S/C9H8N2O4S/c10-9(12)8-7-2-1-6(16(13,14)15)3-5(7)4-11-8/h1-4,8H,(H2,10,12)(H,13,14,15). The van der Waals surface area contributed by atoms with Crippen LogP contribution in [-0.4, -0.2) is 25.1 Å². The lowest BCUT2D eigenvalue weighted by molar-refractivity contribution is -0.119. The number of nitrogens with zero attached hydrogens (tertiary/aromatic N) is 1. The van der Waals surface area contributed by atoms with Crippen LogP contribution in [-0.2, 0) is 14.9 Å². The highest BCUT2D eigenvalue weighted by Gasteiger charge is 2.24. The summed E-state index contributed by atoms with van der Waals surface area (Å²) in [4.78, 5) is 14.6. The molecule has 7 heteroatoms. The van der Waals surface area contributed by atoms with Gasteiger partial charge < -0.3 is 5.73 Å².